The number of nitrogens with one attached hydrogen (secondary N) is 1. The van der Waals surface area contributed by atoms with E-state index >= 15 is 0 Å². The van der Waals surface area contributed by atoms with E-state index in [0.717, 1.165) is 18.6 Å². The molecule has 0 heterocycles. The maximum Gasteiger partial charge on any atom is 0.0767 e. The van der Waals surface area contributed by atoms with E-state index < -0.39 is 0 Å². The molecule has 4 heteroatoms. The fourth-order valence-electron chi connectivity index (χ4n) is 2.09. The molecule has 3 atom stereocenters. The topological polar surface area (TPSA) is 65.7 Å². The molecule has 0 aliphatic heterocycles. The van der Waals surface area contributed by atoms with Gasteiger partial charge in [-0.2, -0.15) is 0 Å². The summed E-state index contributed by atoms with van der Waals surface area (Å²) in [5, 5.41) is 16.8. The van der Waals surface area contributed by atoms with E-state index in [2.05, 4.69) is 4.99 Å². The van der Waals surface area contributed by atoms with Crippen molar-refractivity contribution in [1.29, 1.82) is 5.41 Å². The molecule has 0 amide bonds. The number of aliphatic hydroxyl groups is 1. The molecule has 15 heavy (non-hydrogen) atoms. The Morgan fingerprint density at radius 2 is 2.33 bits per heavy atom. The fourth-order valence-corrected chi connectivity index (χ4v) is 2.09. The molecule has 0 aromatic heterocycles. The van der Waals surface area contributed by atoms with Crippen LogP contribution in [0.5, 0.6) is 0 Å². The molecule has 0 aromatic rings. The van der Waals surface area contributed by atoms with Crippen molar-refractivity contribution in [1.82, 2.24) is 0 Å². The second-order valence-corrected chi connectivity index (χ2v) is 4.20. The quantitative estimate of drug-likeness (QED) is 0.674. The van der Waals surface area contributed by atoms with Gasteiger partial charge in [-0.15, -0.1) is 0 Å². The van der Waals surface area contributed by atoms with Gasteiger partial charge in [0.25, 0.3) is 0 Å². The van der Waals surface area contributed by atoms with E-state index in [1.165, 1.54) is 6.21 Å². The second-order valence-electron chi connectivity index (χ2n) is 4.20. The molecule has 3 unspecified atom stereocenters. The molecule has 0 bridgehead atoms. The van der Waals surface area contributed by atoms with Crippen LogP contribution in [0.3, 0.4) is 0 Å². The molecular formula is C11H20N2O2. The first-order valence-electron chi connectivity index (χ1n) is 5.36. The Balaban J connectivity index is 2.49. The molecule has 4 nitrogen and oxygen atoms in total. The number of methoxy groups -OCH3 is 1. The Hall–Kier alpha value is -0.740. The van der Waals surface area contributed by atoms with Crippen molar-refractivity contribution in [3.63, 3.8) is 0 Å². The van der Waals surface area contributed by atoms with E-state index in [-0.39, 0.29) is 12.1 Å². The van der Waals surface area contributed by atoms with Gasteiger partial charge in [-0.3, -0.25) is 4.99 Å². The van der Waals surface area contributed by atoms with Crippen molar-refractivity contribution in [3.8, 4) is 0 Å². The lowest BCUT2D eigenvalue weighted by Gasteiger charge is -2.09. The molecular weight excluding hydrogens is 192 g/mol. The third kappa shape index (κ3) is 3.72. The number of aliphatic hydroxyl groups excluding tert-OH is 1. The molecule has 0 saturated heterocycles. The lowest BCUT2D eigenvalue weighted by Crippen LogP contribution is -2.18. The van der Waals surface area contributed by atoms with Gasteiger partial charge < -0.3 is 15.3 Å². The van der Waals surface area contributed by atoms with Crippen LogP contribution in [0, 0.1) is 11.3 Å². The Kier molecular flexibility index (Phi) is 4.91. The Bertz CT molecular complexity index is 241. The summed E-state index contributed by atoms with van der Waals surface area (Å²) in [6.07, 6.45) is 3.25. The highest BCUT2D eigenvalue weighted by Gasteiger charge is 2.32. The second kappa shape index (κ2) is 5.98. The number of hydrogen-bond donors (Lipinski definition) is 2. The number of aliphatic imine (C=N–C) groups is 1. The van der Waals surface area contributed by atoms with Crippen LogP contribution in [0.25, 0.3) is 0 Å². The summed E-state index contributed by atoms with van der Waals surface area (Å²) in [7, 11) is 1.68. The van der Waals surface area contributed by atoms with Crippen LogP contribution < -0.4 is 0 Å². The summed E-state index contributed by atoms with van der Waals surface area (Å²) in [4.78, 5) is 4.44. The number of nitrogens with zero attached hydrogens (tertiary/aromatic N) is 1. The summed E-state index contributed by atoms with van der Waals surface area (Å²) >= 11 is 0. The largest absolute Gasteiger partial charge is 0.391 e. The minimum absolute atomic E-state index is 0.00472. The molecule has 2 N–H and O–H groups in total. The summed E-state index contributed by atoms with van der Waals surface area (Å²) in [5.41, 5.74) is 0.923. The normalized spacial score (nSPS) is 31.9. The highest BCUT2D eigenvalue weighted by molar-refractivity contribution is 5.93. The molecule has 0 aromatic carbocycles. The Morgan fingerprint density at radius 1 is 1.60 bits per heavy atom. The van der Waals surface area contributed by atoms with Crippen LogP contribution in [0.1, 0.15) is 26.2 Å². The molecule has 1 fully saturated rings. The molecule has 1 saturated carbocycles. The lowest BCUT2D eigenvalue weighted by atomic mass is 10.1. The van der Waals surface area contributed by atoms with Crippen molar-refractivity contribution in [2.75, 3.05) is 13.7 Å². The van der Waals surface area contributed by atoms with Crippen LogP contribution in [0.15, 0.2) is 4.99 Å². The summed E-state index contributed by atoms with van der Waals surface area (Å²) in [6.45, 7) is 2.61. The van der Waals surface area contributed by atoms with E-state index in [0.29, 0.717) is 18.9 Å². The molecule has 1 rings (SSSR count). The average Bonchev–Trinajstić information content (AvgIpc) is 2.48. The highest BCUT2D eigenvalue weighted by Crippen LogP contribution is 2.28. The fraction of sp³-hybridized carbons (Fsp3) is 0.818. The van der Waals surface area contributed by atoms with Gasteiger partial charge in [0.05, 0.1) is 12.1 Å². The first-order chi connectivity index (χ1) is 7.17. The number of ether oxygens (including phenoxy) is 1. The van der Waals surface area contributed by atoms with Gasteiger partial charge in [0.15, 0.2) is 0 Å². The van der Waals surface area contributed by atoms with Crippen molar-refractivity contribution < 1.29 is 9.84 Å². The van der Waals surface area contributed by atoms with Crippen molar-refractivity contribution in [2.24, 2.45) is 10.9 Å². The first kappa shape index (κ1) is 12.3. The molecule has 86 valence electrons. The predicted octanol–water partition coefficient (Wildman–Crippen LogP) is 1.27. The zero-order valence-electron chi connectivity index (χ0n) is 9.44. The Labute approximate surface area is 90.9 Å². The molecule has 1 aliphatic rings. The minimum atomic E-state index is -0.342. The van der Waals surface area contributed by atoms with Gasteiger partial charge in [-0.1, -0.05) is 0 Å². The van der Waals surface area contributed by atoms with Crippen LogP contribution in [-0.4, -0.2) is 42.9 Å². The van der Waals surface area contributed by atoms with Gasteiger partial charge in [-0.25, -0.2) is 0 Å². The van der Waals surface area contributed by atoms with Crippen molar-refractivity contribution >= 4 is 11.9 Å². The van der Waals surface area contributed by atoms with Crippen molar-refractivity contribution in [3.05, 3.63) is 0 Å². The minimum Gasteiger partial charge on any atom is -0.391 e. The maximum absolute atomic E-state index is 9.78. The number of hydrogen-bond acceptors (Lipinski definition) is 4. The van der Waals surface area contributed by atoms with Gasteiger partial charge in [0, 0.05) is 32.1 Å². The van der Waals surface area contributed by atoms with Crippen molar-refractivity contribution in [2.45, 2.75) is 38.3 Å². The lowest BCUT2D eigenvalue weighted by molar-refractivity contribution is 0.132. The van der Waals surface area contributed by atoms with Gasteiger partial charge in [0.1, 0.15) is 0 Å². The monoisotopic (exact) mass is 212 g/mol. The van der Waals surface area contributed by atoms with Crippen LogP contribution >= 0.6 is 0 Å². The van der Waals surface area contributed by atoms with E-state index in [9.17, 15) is 5.11 Å². The van der Waals surface area contributed by atoms with Gasteiger partial charge in [-0.05, 0) is 25.7 Å². The third-order valence-electron chi connectivity index (χ3n) is 2.78. The van der Waals surface area contributed by atoms with Gasteiger partial charge >= 0.3 is 0 Å². The zero-order chi connectivity index (χ0) is 11.3. The summed E-state index contributed by atoms with van der Waals surface area (Å²) in [5.74, 6) is 0.423. The first-order valence-corrected chi connectivity index (χ1v) is 5.36. The SMILES string of the molecule is COCC1CC(O)C(N=C(C)CC=N)C1. The highest BCUT2D eigenvalue weighted by atomic mass is 16.5. The predicted molar refractivity (Wildman–Crippen MR) is 60.9 cm³/mol. The van der Waals surface area contributed by atoms with Gasteiger partial charge in [0.2, 0.25) is 0 Å². The summed E-state index contributed by atoms with van der Waals surface area (Å²) in [6, 6.07) is 0.00472. The number of rotatable bonds is 5. The standard InChI is InChI=1S/C11H20N2O2/c1-8(3-4-12)13-10-5-9(7-15-2)6-11(10)14/h4,9-12,14H,3,5-7H2,1-2H3. The molecule has 0 radical (unpaired) electrons. The zero-order valence-corrected chi connectivity index (χ0v) is 9.44. The van der Waals surface area contributed by atoms with Crippen LogP contribution in [0.2, 0.25) is 0 Å². The van der Waals surface area contributed by atoms with Crippen LogP contribution in [0.4, 0.5) is 0 Å². The molecule has 1 aliphatic carbocycles. The Morgan fingerprint density at radius 3 is 2.93 bits per heavy atom. The molecule has 0 spiro atoms. The summed E-state index contributed by atoms with van der Waals surface area (Å²) < 4.78 is 5.08. The van der Waals surface area contributed by atoms with E-state index in [1.807, 2.05) is 6.92 Å². The average molecular weight is 212 g/mol. The third-order valence-corrected chi connectivity index (χ3v) is 2.78. The maximum atomic E-state index is 9.78. The van der Waals surface area contributed by atoms with Crippen LogP contribution in [-0.2, 0) is 4.74 Å². The van der Waals surface area contributed by atoms with E-state index in [4.69, 9.17) is 10.1 Å². The smallest absolute Gasteiger partial charge is 0.0767 e. The van der Waals surface area contributed by atoms with E-state index in [1.54, 1.807) is 7.11 Å².